The van der Waals surface area contributed by atoms with Crippen molar-refractivity contribution in [2.45, 2.75) is 39.7 Å². The number of hydrogen-bond acceptors (Lipinski definition) is 3. The number of carbonyl (C=O) groups excluding carboxylic acids is 2. The van der Waals surface area contributed by atoms with Crippen molar-refractivity contribution >= 4 is 17.5 Å². The van der Waals surface area contributed by atoms with E-state index in [0.29, 0.717) is 12.3 Å². The maximum atomic E-state index is 12.2. The first-order chi connectivity index (χ1) is 11.3. The van der Waals surface area contributed by atoms with Crippen LogP contribution in [0.5, 0.6) is 0 Å². The monoisotopic (exact) mass is 328 g/mol. The van der Waals surface area contributed by atoms with Gasteiger partial charge < -0.3 is 14.6 Å². The van der Waals surface area contributed by atoms with Crippen LogP contribution in [-0.4, -0.2) is 18.4 Å². The van der Waals surface area contributed by atoms with E-state index in [1.165, 1.54) is 11.8 Å². The van der Waals surface area contributed by atoms with Gasteiger partial charge in [-0.15, -0.1) is 0 Å². The second-order valence-electron chi connectivity index (χ2n) is 6.73. The lowest BCUT2D eigenvalue weighted by atomic mass is 9.85. The maximum absolute atomic E-state index is 12.2. The van der Waals surface area contributed by atoms with E-state index < -0.39 is 0 Å². The highest BCUT2D eigenvalue weighted by Gasteiger charge is 2.24. The molecule has 2 aromatic rings. The number of anilines is 1. The summed E-state index contributed by atoms with van der Waals surface area (Å²) in [5.41, 5.74) is 1.67. The van der Waals surface area contributed by atoms with Crippen molar-refractivity contribution in [2.75, 3.05) is 11.4 Å². The number of carbonyl (C=O) groups is 2. The number of rotatable bonds is 5. The Morgan fingerprint density at radius 2 is 1.83 bits per heavy atom. The number of furan rings is 1. The van der Waals surface area contributed by atoms with Gasteiger partial charge in [-0.2, -0.15) is 0 Å². The molecule has 1 N–H and O–H groups in total. The highest BCUT2D eigenvalue weighted by molar-refractivity contribution is 5.98. The van der Waals surface area contributed by atoms with Crippen LogP contribution in [0, 0.1) is 0 Å². The first kappa shape index (κ1) is 17.8. The van der Waals surface area contributed by atoms with Crippen LogP contribution in [0.25, 0.3) is 0 Å². The van der Waals surface area contributed by atoms with Crippen LogP contribution in [0.1, 0.15) is 39.0 Å². The van der Waals surface area contributed by atoms with Crippen molar-refractivity contribution in [3.8, 4) is 0 Å². The van der Waals surface area contributed by atoms with Crippen LogP contribution in [0.3, 0.4) is 0 Å². The van der Waals surface area contributed by atoms with Gasteiger partial charge in [0.05, 0.1) is 12.8 Å². The zero-order valence-electron chi connectivity index (χ0n) is 14.6. The topological polar surface area (TPSA) is 62.6 Å². The van der Waals surface area contributed by atoms with Gasteiger partial charge in [0, 0.05) is 12.6 Å². The van der Waals surface area contributed by atoms with Crippen molar-refractivity contribution < 1.29 is 14.0 Å². The zero-order chi connectivity index (χ0) is 17.7. The Labute approximate surface area is 142 Å². The Bertz CT molecular complexity index is 700. The molecular weight excluding hydrogens is 304 g/mol. The van der Waals surface area contributed by atoms with E-state index in [2.05, 4.69) is 26.1 Å². The van der Waals surface area contributed by atoms with Crippen LogP contribution in [0.15, 0.2) is 47.1 Å². The summed E-state index contributed by atoms with van der Waals surface area (Å²) in [6, 6.07) is 11.2. The van der Waals surface area contributed by atoms with Crippen LogP contribution in [0.4, 0.5) is 5.69 Å². The fourth-order valence-electron chi connectivity index (χ4n) is 2.51. The molecule has 0 saturated carbocycles. The quantitative estimate of drug-likeness (QED) is 0.916. The third kappa shape index (κ3) is 4.47. The molecule has 0 aliphatic heterocycles. The third-order valence-corrected chi connectivity index (χ3v) is 3.72. The Morgan fingerprint density at radius 1 is 1.12 bits per heavy atom. The molecule has 5 heteroatoms. The second kappa shape index (κ2) is 7.34. The minimum Gasteiger partial charge on any atom is -0.467 e. The highest BCUT2D eigenvalue weighted by atomic mass is 16.3. The molecule has 0 saturated heterocycles. The Hall–Kier alpha value is -2.56. The summed E-state index contributed by atoms with van der Waals surface area (Å²) in [6.07, 6.45) is 1.56. The molecule has 0 spiro atoms. The molecular formula is C19H24N2O3. The molecule has 24 heavy (non-hydrogen) atoms. The average molecular weight is 328 g/mol. The lowest BCUT2D eigenvalue weighted by Crippen LogP contribution is -2.40. The molecule has 1 aromatic carbocycles. The number of benzene rings is 1. The van der Waals surface area contributed by atoms with Gasteiger partial charge >= 0.3 is 0 Å². The van der Waals surface area contributed by atoms with Crippen molar-refractivity contribution in [1.29, 1.82) is 0 Å². The number of nitrogens with zero attached hydrogens (tertiary/aromatic N) is 1. The Kier molecular flexibility index (Phi) is 5.44. The number of hydrogen-bond donors (Lipinski definition) is 1. The molecule has 0 aliphatic carbocycles. The van der Waals surface area contributed by atoms with Crippen LogP contribution < -0.4 is 10.2 Å². The summed E-state index contributed by atoms with van der Waals surface area (Å²) in [5.74, 6) is 0.276. The van der Waals surface area contributed by atoms with Crippen LogP contribution in [0.2, 0.25) is 0 Å². The van der Waals surface area contributed by atoms with Gasteiger partial charge in [-0.25, -0.2) is 0 Å². The lowest BCUT2D eigenvalue weighted by Gasteiger charge is -2.29. The molecule has 0 radical (unpaired) electrons. The maximum Gasteiger partial charge on any atom is 0.240 e. The summed E-state index contributed by atoms with van der Waals surface area (Å²) < 4.78 is 5.19. The first-order valence-electron chi connectivity index (χ1n) is 7.95. The summed E-state index contributed by atoms with van der Waals surface area (Å²) in [5, 5.41) is 2.77. The minimum absolute atomic E-state index is 0.0247. The molecule has 5 nitrogen and oxygen atoms in total. The summed E-state index contributed by atoms with van der Waals surface area (Å²) in [7, 11) is 0. The molecule has 0 unspecified atom stereocenters. The van der Waals surface area contributed by atoms with E-state index in [9.17, 15) is 9.59 Å². The Balaban J connectivity index is 2.15. The zero-order valence-corrected chi connectivity index (χ0v) is 14.6. The van der Waals surface area contributed by atoms with Crippen molar-refractivity contribution in [3.05, 3.63) is 54.0 Å². The average Bonchev–Trinajstić information content (AvgIpc) is 3.03. The van der Waals surface area contributed by atoms with E-state index >= 15 is 0 Å². The summed E-state index contributed by atoms with van der Waals surface area (Å²) in [6.45, 7) is 8.00. The smallest absolute Gasteiger partial charge is 0.240 e. The number of nitrogens with one attached hydrogen (secondary N) is 1. The number of amides is 2. The number of para-hydroxylation sites is 1. The fraction of sp³-hybridized carbons (Fsp3) is 0.368. The SMILES string of the molecule is CC(=O)N(CC(=O)NCc1ccco1)c1ccccc1C(C)(C)C. The lowest BCUT2D eigenvalue weighted by molar-refractivity contribution is -0.123. The molecule has 1 aromatic heterocycles. The van der Waals surface area contributed by atoms with E-state index in [0.717, 1.165) is 11.3 Å². The van der Waals surface area contributed by atoms with Gasteiger partial charge in [-0.05, 0) is 29.2 Å². The highest BCUT2D eigenvalue weighted by Crippen LogP contribution is 2.31. The first-order valence-corrected chi connectivity index (χ1v) is 7.95. The van der Waals surface area contributed by atoms with Crippen LogP contribution in [-0.2, 0) is 21.5 Å². The third-order valence-electron chi connectivity index (χ3n) is 3.72. The molecule has 2 amide bonds. The van der Waals surface area contributed by atoms with Crippen molar-refractivity contribution in [1.82, 2.24) is 5.32 Å². The van der Waals surface area contributed by atoms with Gasteiger partial charge in [0.25, 0.3) is 0 Å². The van der Waals surface area contributed by atoms with Gasteiger partial charge in [-0.1, -0.05) is 39.0 Å². The Morgan fingerprint density at radius 3 is 2.42 bits per heavy atom. The standard InChI is InChI=1S/C19H24N2O3/c1-14(22)21(13-18(23)20-12-15-8-7-11-24-15)17-10-6-5-9-16(17)19(2,3)4/h5-11H,12-13H2,1-4H3,(H,20,23). The molecule has 0 fully saturated rings. The van der Waals surface area contributed by atoms with Crippen LogP contribution >= 0.6 is 0 Å². The van der Waals surface area contributed by atoms with Gasteiger partial charge in [0.15, 0.2) is 0 Å². The van der Waals surface area contributed by atoms with Gasteiger partial charge in [0.2, 0.25) is 11.8 Å². The van der Waals surface area contributed by atoms with Crippen molar-refractivity contribution in [3.63, 3.8) is 0 Å². The molecule has 128 valence electrons. The fourth-order valence-corrected chi connectivity index (χ4v) is 2.51. The molecule has 2 rings (SSSR count). The molecule has 1 heterocycles. The molecule has 0 atom stereocenters. The van der Waals surface area contributed by atoms with Gasteiger partial charge in [0.1, 0.15) is 12.3 Å². The van der Waals surface area contributed by atoms with Gasteiger partial charge in [-0.3, -0.25) is 9.59 Å². The second-order valence-corrected chi connectivity index (χ2v) is 6.73. The summed E-state index contributed by atoms with van der Waals surface area (Å²) in [4.78, 5) is 25.9. The van der Waals surface area contributed by atoms with E-state index in [1.807, 2.05) is 24.3 Å². The minimum atomic E-state index is -0.231. The van der Waals surface area contributed by atoms with E-state index in [1.54, 1.807) is 18.4 Å². The van der Waals surface area contributed by atoms with Crippen molar-refractivity contribution in [2.24, 2.45) is 0 Å². The predicted molar refractivity (Wildman–Crippen MR) is 93.7 cm³/mol. The molecule has 0 bridgehead atoms. The summed E-state index contributed by atoms with van der Waals surface area (Å²) >= 11 is 0. The van der Waals surface area contributed by atoms with E-state index in [4.69, 9.17) is 4.42 Å². The predicted octanol–water partition coefficient (Wildman–Crippen LogP) is 3.25. The normalized spacial score (nSPS) is 11.2. The largest absolute Gasteiger partial charge is 0.467 e. The van der Waals surface area contributed by atoms with E-state index in [-0.39, 0.29) is 23.8 Å². The molecule has 0 aliphatic rings.